The van der Waals surface area contributed by atoms with Crippen LogP contribution in [0.2, 0.25) is 0 Å². The second-order valence-electron chi connectivity index (χ2n) is 8.03. The van der Waals surface area contributed by atoms with E-state index in [9.17, 15) is 0 Å². The van der Waals surface area contributed by atoms with Crippen molar-refractivity contribution in [1.29, 1.82) is 0 Å². The maximum atomic E-state index is 3.91. The third-order valence-electron chi connectivity index (χ3n) is 6.15. The lowest BCUT2D eigenvalue weighted by Crippen LogP contribution is -2.67. The molecular formula is C17H32N2S. The van der Waals surface area contributed by atoms with E-state index in [0.29, 0.717) is 10.3 Å². The van der Waals surface area contributed by atoms with Crippen LogP contribution in [0.4, 0.5) is 0 Å². The lowest BCUT2D eigenvalue weighted by Gasteiger charge is -2.53. The average molecular weight is 297 g/mol. The SMILES string of the molecule is CSC1(CN2CC(C)(C3CC3)NCC2C(C)C)CCC1. The molecule has 2 aliphatic carbocycles. The van der Waals surface area contributed by atoms with Gasteiger partial charge in [0.1, 0.15) is 0 Å². The number of piperazine rings is 1. The molecular weight excluding hydrogens is 264 g/mol. The molecule has 3 rings (SSSR count). The van der Waals surface area contributed by atoms with Gasteiger partial charge < -0.3 is 5.32 Å². The van der Waals surface area contributed by atoms with Crippen LogP contribution in [0.5, 0.6) is 0 Å². The molecule has 3 aliphatic rings. The van der Waals surface area contributed by atoms with E-state index >= 15 is 0 Å². The summed E-state index contributed by atoms with van der Waals surface area (Å²) in [6.45, 7) is 11.0. The van der Waals surface area contributed by atoms with Crippen molar-refractivity contribution >= 4 is 11.8 Å². The second-order valence-corrected chi connectivity index (χ2v) is 9.30. The van der Waals surface area contributed by atoms with Crippen LogP contribution in [0.25, 0.3) is 0 Å². The number of hydrogen-bond acceptors (Lipinski definition) is 3. The molecule has 0 spiro atoms. The lowest BCUT2D eigenvalue weighted by atomic mass is 9.81. The highest BCUT2D eigenvalue weighted by Gasteiger charge is 2.48. The molecule has 3 fully saturated rings. The maximum absolute atomic E-state index is 3.91. The third-order valence-corrected chi connectivity index (χ3v) is 7.56. The van der Waals surface area contributed by atoms with Gasteiger partial charge in [-0.05, 0) is 50.7 Å². The Morgan fingerprint density at radius 3 is 2.45 bits per heavy atom. The van der Waals surface area contributed by atoms with Crippen LogP contribution >= 0.6 is 11.8 Å². The molecule has 0 amide bonds. The fourth-order valence-corrected chi connectivity index (χ4v) is 5.25. The molecule has 0 aromatic carbocycles. The van der Waals surface area contributed by atoms with Gasteiger partial charge in [0.25, 0.3) is 0 Å². The van der Waals surface area contributed by atoms with E-state index < -0.39 is 0 Å². The molecule has 1 heterocycles. The zero-order valence-corrected chi connectivity index (χ0v) is 14.6. The molecule has 0 aromatic rings. The molecule has 1 N–H and O–H groups in total. The van der Waals surface area contributed by atoms with Gasteiger partial charge in [0.2, 0.25) is 0 Å². The Labute approximate surface area is 129 Å². The first kappa shape index (κ1) is 15.2. The van der Waals surface area contributed by atoms with Gasteiger partial charge >= 0.3 is 0 Å². The fourth-order valence-electron chi connectivity index (χ4n) is 4.25. The third kappa shape index (κ3) is 2.78. The summed E-state index contributed by atoms with van der Waals surface area (Å²) in [5.41, 5.74) is 0.384. The zero-order valence-electron chi connectivity index (χ0n) is 13.7. The monoisotopic (exact) mass is 296 g/mol. The van der Waals surface area contributed by atoms with Crippen molar-refractivity contribution in [2.75, 3.05) is 25.9 Å². The lowest BCUT2D eigenvalue weighted by molar-refractivity contribution is 0.0362. The highest BCUT2D eigenvalue weighted by Crippen LogP contribution is 2.46. The standard InChI is InChI=1S/C17H32N2S/c1-13(2)15-10-18-16(3,14-6-7-14)11-19(15)12-17(20-4)8-5-9-17/h13-15,18H,5-12H2,1-4H3. The van der Waals surface area contributed by atoms with E-state index in [4.69, 9.17) is 0 Å². The fraction of sp³-hybridized carbons (Fsp3) is 1.00. The normalized spacial score (nSPS) is 38.0. The highest BCUT2D eigenvalue weighted by atomic mass is 32.2. The molecule has 1 aliphatic heterocycles. The van der Waals surface area contributed by atoms with E-state index in [2.05, 4.69) is 49.0 Å². The first-order chi connectivity index (χ1) is 9.48. The Hall–Kier alpha value is 0.270. The van der Waals surface area contributed by atoms with Crippen molar-refractivity contribution in [2.45, 2.75) is 69.2 Å². The Morgan fingerprint density at radius 1 is 1.30 bits per heavy atom. The van der Waals surface area contributed by atoms with E-state index in [0.717, 1.165) is 17.9 Å². The molecule has 0 aromatic heterocycles. The van der Waals surface area contributed by atoms with Crippen LogP contribution in [0, 0.1) is 11.8 Å². The van der Waals surface area contributed by atoms with Crippen LogP contribution in [0.15, 0.2) is 0 Å². The Morgan fingerprint density at radius 2 is 2.00 bits per heavy atom. The Bertz CT molecular complexity index is 341. The van der Waals surface area contributed by atoms with Crippen LogP contribution in [-0.4, -0.2) is 47.1 Å². The zero-order chi connectivity index (χ0) is 14.4. The first-order valence-electron chi connectivity index (χ1n) is 8.52. The second kappa shape index (κ2) is 5.48. The van der Waals surface area contributed by atoms with E-state index in [1.165, 1.54) is 51.7 Å². The van der Waals surface area contributed by atoms with Crippen LogP contribution in [0.1, 0.15) is 52.9 Å². The summed E-state index contributed by atoms with van der Waals surface area (Å²) in [7, 11) is 0. The highest BCUT2D eigenvalue weighted by molar-refractivity contribution is 8.00. The number of hydrogen-bond donors (Lipinski definition) is 1. The molecule has 0 radical (unpaired) electrons. The molecule has 1 saturated heterocycles. The predicted molar refractivity (Wildman–Crippen MR) is 89.4 cm³/mol. The Kier molecular flexibility index (Phi) is 4.16. The van der Waals surface area contributed by atoms with Gasteiger partial charge in [-0.3, -0.25) is 4.90 Å². The number of nitrogens with zero attached hydrogens (tertiary/aromatic N) is 1. The average Bonchev–Trinajstić information content (AvgIpc) is 3.18. The van der Waals surface area contributed by atoms with Gasteiger partial charge in [-0.15, -0.1) is 0 Å². The summed E-state index contributed by atoms with van der Waals surface area (Å²) >= 11 is 2.13. The van der Waals surface area contributed by atoms with Crippen molar-refractivity contribution in [1.82, 2.24) is 10.2 Å². The molecule has 2 unspecified atom stereocenters. The first-order valence-corrected chi connectivity index (χ1v) is 9.75. The molecule has 2 saturated carbocycles. The smallest absolute Gasteiger partial charge is 0.0309 e. The summed E-state index contributed by atoms with van der Waals surface area (Å²) in [5, 5.41) is 3.91. The van der Waals surface area contributed by atoms with Crippen molar-refractivity contribution in [2.24, 2.45) is 11.8 Å². The number of nitrogens with one attached hydrogen (secondary N) is 1. The largest absolute Gasteiger partial charge is 0.308 e. The minimum atomic E-state index is 0.384. The van der Waals surface area contributed by atoms with Crippen LogP contribution in [-0.2, 0) is 0 Å². The molecule has 20 heavy (non-hydrogen) atoms. The van der Waals surface area contributed by atoms with Crippen molar-refractivity contribution < 1.29 is 0 Å². The van der Waals surface area contributed by atoms with Gasteiger partial charge in [-0.25, -0.2) is 0 Å². The number of rotatable bonds is 5. The number of thioether (sulfide) groups is 1. The Balaban J connectivity index is 1.71. The molecule has 2 atom stereocenters. The van der Waals surface area contributed by atoms with Crippen molar-refractivity contribution in [3.63, 3.8) is 0 Å². The maximum Gasteiger partial charge on any atom is 0.0309 e. The summed E-state index contributed by atoms with van der Waals surface area (Å²) < 4.78 is 0.578. The summed E-state index contributed by atoms with van der Waals surface area (Å²) in [4.78, 5) is 2.86. The molecule has 2 nitrogen and oxygen atoms in total. The van der Waals surface area contributed by atoms with Crippen LogP contribution < -0.4 is 5.32 Å². The summed E-state index contributed by atoms with van der Waals surface area (Å²) in [5.74, 6) is 1.69. The summed E-state index contributed by atoms with van der Waals surface area (Å²) in [6.07, 6.45) is 9.52. The quantitative estimate of drug-likeness (QED) is 0.837. The van der Waals surface area contributed by atoms with E-state index in [-0.39, 0.29) is 0 Å². The minimum absolute atomic E-state index is 0.384. The van der Waals surface area contributed by atoms with Crippen molar-refractivity contribution in [3.05, 3.63) is 0 Å². The van der Waals surface area contributed by atoms with E-state index in [1.54, 1.807) is 0 Å². The minimum Gasteiger partial charge on any atom is -0.308 e. The van der Waals surface area contributed by atoms with Gasteiger partial charge in [0.15, 0.2) is 0 Å². The van der Waals surface area contributed by atoms with Gasteiger partial charge in [0.05, 0.1) is 0 Å². The molecule has 0 bridgehead atoms. The molecule has 3 heteroatoms. The van der Waals surface area contributed by atoms with Gasteiger partial charge in [0, 0.05) is 36.0 Å². The van der Waals surface area contributed by atoms with E-state index in [1.807, 2.05) is 0 Å². The topological polar surface area (TPSA) is 15.3 Å². The van der Waals surface area contributed by atoms with Gasteiger partial charge in [-0.1, -0.05) is 20.3 Å². The van der Waals surface area contributed by atoms with Gasteiger partial charge in [-0.2, -0.15) is 11.8 Å². The molecule has 116 valence electrons. The summed E-state index contributed by atoms with van der Waals surface area (Å²) in [6, 6.07) is 0.728. The predicted octanol–water partition coefficient (Wildman–Crippen LogP) is 3.37. The van der Waals surface area contributed by atoms with Crippen molar-refractivity contribution in [3.8, 4) is 0 Å². The van der Waals surface area contributed by atoms with Crippen LogP contribution in [0.3, 0.4) is 0 Å².